The zero-order chi connectivity index (χ0) is 9.54. The first-order valence-corrected chi connectivity index (χ1v) is 4.45. The molecule has 1 amide bonds. The number of nitrogens with one attached hydrogen (secondary N) is 1. The largest absolute Gasteiger partial charge is 0.451 e. The number of aliphatic imine (C=N–C) groups is 1. The average molecular weight is 188 g/mol. The molecule has 0 bridgehead atoms. The zero-order valence-corrected chi connectivity index (χ0v) is 7.31. The van der Waals surface area contributed by atoms with E-state index in [-0.39, 0.29) is 18.2 Å². The monoisotopic (exact) mass is 188 g/mol. The van der Waals surface area contributed by atoms with E-state index in [1.165, 1.54) is 0 Å². The van der Waals surface area contributed by atoms with E-state index in [1.807, 2.05) is 30.3 Å². The summed E-state index contributed by atoms with van der Waals surface area (Å²) in [6, 6.07) is 9.25. The van der Waals surface area contributed by atoms with Crippen LogP contribution in [0.4, 0.5) is 0 Å². The van der Waals surface area contributed by atoms with E-state index in [1.54, 1.807) is 0 Å². The molecule has 0 saturated carbocycles. The van der Waals surface area contributed by atoms with Crippen molar-refractivity contribution in [1.82, 2.24) is 5.32 Å². The summed E-state index contributed by atoms with van der Waals surface area (Å²) >= 11 is 0. The van der Waals surface area contributed by atoms with E-state index in [9.17, 15) is 4.79 Å². The lowest BCUT2D eigenvalue weighted by atomic mass is 10.1. The van der Waals surface area contributed by atoms with Gasteiger partial charge in [0.2, 0.25) is 12.1 Å². The maximum absolute atomic E-state index is 11.0. The minimum atomic E-state index is -0.329. The molecule has 14 heavy (non-hydrogen) atoms. The first-order chi connectivity index (χ1) is 6.84. The molecule has 2 unspecified atom stereocenters. The molecule has 2 heterocycles. The third-order valence-electron chi connectivity index (χ3n) is 2.36. The lowest BCUT2D eigenvalue weighted by Gasteiger charge is -2.26. The van der Waals surface area contributed by atoms with Gasteiger partial charge in [0, 0.05) is 5.56 Å². The Morgan fingerprint density at radius 1 is 1.29 bits per heavy atom. The van der Waals surface area contributed by atoms with Gasteiger partial charge in [0.1, 0.15) is 0 Å². The average Bonchev–Trinajstić information content (AvgIpc) is 2.57. The number of hydrogen-bond acceptors (Lipinski definition) is 3. The molecule has 3 rings (SSSR count). The standard InChI is InChI=1S/C10H8N2O2/c13-8-7-10(12-8)14-9(11-7)6-4-2-1-3-5-6/h1-5,7,10H,(H,12,13). The van der Waals surface area contributed by atoms with Gasteiger partial charge in [0.05, 0.1) is 0 Å². The van der Waals surface area contributed by atoms with E-state index < -0.39 is 0 Å². The number of ether oxygens (including phenoxy) is 1. The van der Waals surface area contributed by atoms with E-state index in [2.05, 4.69) is 10.3 Å². The van der Waals surface area contributed by atoms with Crippen molar-refractivity contribution in [2.24, 2.45) is 4.99 Å². The number of benzene rings is 1. The van der Waals surface area contributed by atoms with Gasteiger partial charge in [-0.3, -0.25) is 4.79 Å². The number of hydrogen-bond donors (Lipinski definition) is 1. The first-order valence-electron chi connectivity index (χ1n) is 4.45. The van der Waals surface area contributed by atoms with Crippen molar-refractivity contribution < 1.29 is 9.53 Å². The Morgan fingerprint density at radius 3 is 2.71 bits per heavy atom. The lowest BCUT2D eigenvalue weighted by molar-refractivity contribution is -0.135. The molecule has 1 aromatic rings. The highest BCUT2D eigenvalue weighted by molar-refractivity contribution is 6.01. The Balaban J connectivity index is 1.92. The molecule has 4 heteroatoms. The molecule has 0 radical (unpaired) electrons. The van der Waals surface area contributed by atoms with Gasteiger partial charge < -0.3 is 10.1 Å². The van der Waals surface area contributed by atoms with Crippen LogP contribution in [0.5, 0.6) is 0 Å². The Hall–Kier alpha value is -1.84. The molecule has 4 nitrogen and oxygen atoms in total. The molecular formula is C10H8N2O2. The molecule has 2 aliphatic heterocycles. The molecule has 2 atom stereocenters. The summed E-state index contributed by atoms with van der Waals surface area (Å²) in [7, 11) is 0. The highest BCUT2D eigenvalue weighted by Gasteiger charge is 2.46. The summed E-state index contributed by atoms with van der Waals surface area (Å²) in [5.74, 6) is 0.500. The fraction of sp³-hybridized carbons (Fsp3) is 0.200. The van der Waals surface area contributed by atoms with Crippen LogP contribution in [-0.2, 0) is 9.53 Å². The van der Waals surface area contributed by atoms with Crippen LogP contribution in [0.2, 0.25) is 0 Å². The first kappa shape index (κ1) is 7.55. The minimum absolute atomic E-state index is 0.0547. The summed E-state index contributed by atoms with van der Waals surface area (Å²) < 4.78 is 5.43. The lowest BCUT2D eigenvalue weighted by Crippen LogP contribution is -2.60. The molecule has 1 saturated heterocycles. The molecule has 1 N–H and O–H groups in total. The summed E-state index contributed by atoms with van der Waals surface area (Å²) in [4.78, 5) is 15.2. The predicted molar refractivity (Wildman–Crippen MR) is 49.8 cm³/mol. The van der Waals surface area contributed by atoms with Gasteiger partial charge >= 0.3 is 0 Å². The molecule has 1 fully saturated rings. The van der Waals surface area contributed by atoms with Crippen LogP contribution in [-0.4, -0.2) is 24.1 Å². The molecule has 0 spiro atoms. The molecule has 0 aliphatic carbocycles. The highest BCUT2D eigenvalue weighted by atomic mass is 16.5. The predicted octanol–water partition coefficient (Wildman–Crippen LogP) is 0.288. The number of carbonyl (C=O) groups excluding carboxylic acids is 1. The Morgan fingerprint density at radius 2 is 2.07 bits per heavy atom. The van der Waals surface area contributed by atoms with Gasteiger partial charge in [-0.1, -0.05) is 18.2 Å². The second-order valence-corrected chi connectivity index (χ2v) is 3.29. The van der Waals surface area contributed by atoms with Crippen molar-refractivity contribution in [2.75, 3.05) is 0 Å². The molecule has 2 aliphatic rings. The fourth-order valence-electron chi connectivity index (χ4n) is 1.57. The van der Waals surface area contributed by atoms with Crippen LogP contribution < -0.4 is 5.32 Å². The van der Waals surface area contributed by atoms with E-state index in [0.717, 1.165) is 5.56 Å². The van der Waals surface area contributed by atoms with Gasteiger partial charge in [0.15, 0.2) is 6.04 Å². The minimum Gasteiger partial charge on any atom is -0.451 e. The van der Waals surface area contributed by atoms with Crippen molar-refractivity contribution >= 4 is 11.8 Å². The maximum Gasteiger partial charge on any atom is 0.253 e. The number of β-lactam (4-membered cyclic amide) rings is 1. The number of nitrogens with zero attached hydrogens (tertiary/aromatic N) is 1. The number of amides is 1. The van der Waals surface area contributed by atoms with Crippen LogP contribution in [0.1, 0.15) is 5.56 Å². The molecule has 70 valence electrons. The van der Waals surface area contributed by atoms with Crippen LogP contribution in [0.3, 0.4) is 0 Å². The summed E-state index contributed by atoms with van der Waals surface area (Å²) in [5.41, 5.74) is 0.913. The van der Waals surface area contributed by atoms with Crippen LogP contribution in [0, 0.1) is 0 Å². The topological polar surface area (TPSA) is 50.7 Å². The van der Waals surface area contributed by atoms with Gasteiger partial charge in [-0.15, -0.1) is 0 Å². The maximum atomic E-state index is 11.0. The SMILES string of the molecule is O=C1NC2OC(c3ccccc3)=NC12. The highest BCUT2D eigenvalue weighted by Crippen LogP contribution is 2.22. The van der Waals surface area contributed by atoms with Crippen molar-refractivity contribution in [3.63, 3.8) is 0 Å². The van der Waals surface area contributed by atoms with E-state index >= 15 is 0 Å². The van der Waals surface area contributed by atoms with Crippen molar-refractivity contribution in [2.45, 2.75) is 12.3 Å². The van der Waals surface area contributed by atoms with Crippen molar-refractivity contribution in [3.05, 3.63) is 35.9 Å². The summed E-state index contributed by atoms with van der Waals surface area (Å²) in [6.45, 7) is 0. The van der Waals surface area contributed by atoms with Gasteiger partial charge in [-0.25, -0.2) is 4.99 Å². The third-order valence-corrected chi connectivity index (χ3v) is 2.36. The van der Waals surface area contributed by atoms with Crippen molar-refractivity contribution in [1.29, 1.82) is 0 Å². The third kappa shape index (κ3) is 0.937. The Kier molecular flexibility index (Phi) is 1.39. The normalized spacial score (nSPS) is 28.3. The van der Waals surface area contributed by atoms with Crippen LogP contribution in [0.15, 0.2) is 35.3 Å². The molecule has 0 aromatic heterocycles. The van der Waals surface area contributed by atoms with Gasteiger partial charge in [-0.2, -0.15) is 0 Å². The van der Waals surface area contributed by atoms with Crippen LogP contribution in [0.25, 0.3) is 0 Å². The number of carbonyl (C=O) groups is 1. The van der Waals surface area contributed by atoms with Gasteiger partial charge in [-0.05, 0) is 12.1 Å². The Bertz CT molecular complexity index is 413. The second kappa shape index (κ2) is 2.57. The summed E-state index contributed by atoms with van der Waals surface area (Å²) in [6.07, 6.45) is -0.238. The molecular weight excluding hydrogens is 180 g/mol. The summed E-state index contributed by atoms with van der Waals surface area (Å²) in [5, 5.41) is 2.63. The Labute approximate surface area is 80.6 Å². The quantitative estimate of drug-likeness (QED) is 0.644. The molecule has 1 aromatic carbocycles. The fourth-order valence-corrected chi connectivity index (χ4v) is 1.57. The number of rotatable bonds is 1. The van der Waals surface area contributed by atoms with E-state index in [0.29, 0.717) is 5.90 Å². The van der Waals surface area contributed by atoms with Gasteiger partial charge in [0.25, 0.3) is 5.91 Å². The number of fused-ring (bicyclic) bond motifs is 1. The second-order valence-electron chi connectivity index (χ2n) is 3.29. The van der Waals surface area contributed by atoms with Crippen LogP contribution >= 0.6 is 0 Å². The van der Waals surface area contributed by atoms with E-state index in [4.69, 9.17) is 4.74 Å². The smallest absolute Gasteiger partial charge is 0.253 e. The zero-order valence-electron chi connectivity index (χ0n) is 7.31. The van der Waals surface area contributed by atoms with Crippen molar-refractivity contribution in [3.8, 4) is 0 Å².